The lowest BCUT2D eigenvalue weighted by molar-refractivity contribution is 0.994. The summed E-state index contributed by atoms with van der Waals surface area (Å²) in [6.45, 7) is 0.791. The number of hydrogen-bond donors (Lipinski definition) is 1. The van der Waals surface area contributed by atoms with Gasteiger partial charge in [-0.2, -0.15) is 0 Å². The average molecular weight is 235 g/mol. The highest BCUT2D eigenvalue weighted by molar-refractivity contribution is 6.29. The van der Waals surface area contributed by atoms with Gasteiger partial charge in [-0.1, -0.05) is 11.6 Å². The van der Waals surface area contributed by atoms with Crippen LogP contribution in [0.4, 0.5) is 5.82 Å². The highest BCUT2D eigenvalue weighted by atomic mass is 35.5. The predicted molar refractivity (Wildman–Crippen MR) is 63.5 cm³/mol. The molecule has 0 saturated heterocycles. The van der Waals surface area contributed by atoms with Gasteiger partial charge >= 0.3 is 0 Å². The van der Waals surface area contributed by atoms with Gasteiger partial charge in [0.25, 0.3) is 0 Å². The summed E-state index contributed by atoms with van der Waals surface area (Å²) in [5.74, 6) is 0.696. The van der Waals surface area contributed by atoms with Crippen molar-refractivity contribution in [1.82, 2.24) is 15.0 Å². The molecule has 2 rings (SSSR count). The van der Waals surface area contributed by atoms with Crippen LogP contribution in [0.2, 0.25) is 5.15 Å². The van der Waals surface area contributed by atoms with Gasteiger partial charge in [0, 0.05) is 18.9 Å². The molecule has 0 bridgehead atoms. The molecule has 1 N–H and O–H groups in total. The first-order valence-electron chi connectivity index (χ1n) is 4.95. The quantitative estimate of drug-likeness (QED) is 0.881. The lowest BCUT2D eigenvalue weighted by Crippen LogP contribution is -2.06. The van der Waals surface area contributed by atoms with E-state index in [1.54, 1.807) is 18.6 Å². The van der Waals surface area contributed by atoms with Crippen LogP contribution in [-0.2, 0) is 6.42 Å². The molecule has 5 heteroatoms. The van der Waals surface area contributed by atoms with E-state index in [0.717, 1.165) is 13.0 Å². The molecule has 0 amide bonds. The van der Waals surface area contributed by atoms with Crippen LogP contribution in [-0.4, -0.2) is 21.5 Å². The van der Waals surface area contributed by atoms with Gasteiger partial charge in [0.15, 0.2) is 0 Å². The van der Waals surface area contributed by atoms with Crippen molar-refractivity contribution in [2.75, 3.05) is 11.9 Å². The minimum absolute atomic E-state index is 0.397. The number of aromatic nitrogens is 3. The molecule has 0 atom stereocenters. The molecule has 82 valence electrons. The smallest absolute Gasteiger partial charge is 0.149 e. The van der Waals surface area contributed by atoms with Crippen molar-refractivity contribution < 1.29 is 0 Å². The standard InChI is InChI=1S/C11H11ClN4/c12-10-7-14-8-11(16-10)15-6-3-9-1-4-13-5-2-9/h1-2,4-5,7-8H,3,6H2,(H,15,16). The average Bonchev–Trinajstić information content (AvgIpc) is 2.30. The van der Waals surface area contributed by atoms with Crippen LogP contribution in [0.15, 0.2) is 36.9 Å². The van der Waals surface area contributed by atoms with Crippen molar-refractivity contribution in [3.05, 3.63) is 47.6 Å². The van der Waals surface area contributed by atoms with Gasteiger partial charge < -0.3 is 5.32 Å². The molecule has 2 aromatic rings. The number of hydrogen-bond acceptors (Lipinski definition) is 4. The molecule has 0 spiro atoms. The molecule has 16 heavy (non-hydrogen) atoms. The van der Waals surface area contributed by atoms with Gasteiger partial charge in [0.1, 0.15) is 11.0 Å². The summed E-state index contributed by atoms with van der Waals surface area (Å²) in [5, 5.41) is 3.55. The Balaban J connectivity index is 1.85. The Bertz CT molecular complexity index is 447. The minimum Gasteiger partial charge on any atom is -0.368 e. The van der Waals surface area contributed by atoms with Crippen LogP contribution in [0.3, 0.4) is 0 Å². The van der Waals surface area contributed by atoms with Crippen molar-refractivity contribution >= 4 is 17.4 Å². The number of pyridine rings is 1. The molecule has 2 heterocycles. The molecular weight excluding hydrogens is 224 g/mol. The van der Waals surface area contributed by atoms with E-state index in [-0.39, 0.29) is 0 Å². The minimum atomic E-state index is 0.397. The zero-order valence-corrected chi connectivity index (χ0v) is 9.35. The Kier molecular flexibility index (Phi) is 3.66. The summed E-state index contributed by atoms with van der Waals surface area (Å²) in [7, 11) is 0. The first-order valence-corrected chi connectivity index (χ1v) is 5.33. The molecule has 2 aromatic heterocycles. The van der Waals surface area contributed by atoms with Crippen LogP contribution in [0, 0.1) is 0 Å². The fraction of sp³-hybridized carbons (Fsp3) is 0.182. The summed E-state index contributed by atoms with van der Waals surface area (Å²) in [5.41, 5.74) is 1.23. The molecule has 0 aliphatic carbocycles. The predicted octanol–water partition coefficient (Wildman–Crippen LogP) is 2.18. The van der Waals surface area contributed by atoms with Crippen LogP contribution in [0.25, 0.3) is 0 Å². The van der Waals surface area contributed by atoms with E-state index < -0.39 is 0 Å². The third-order valence-corrected chi connectivity index (χ3v) is 2.26. The fourth-order valence-electron chi connectivity index (χ4n) is 1.31. The molecule has 4 nitrogen and oxygen atoms in total. The molecular formula is C11H11ClN4. The Morgan fingerprint density at radius 1 is 1.12 bits per heavy atom. The summed E-state index contributed by atoms with van der Waals surface area (Å²) in [6.07, 6.45) is 7.65. The van der Waals surface area contributed by atoms with Gasteiger partial charge in [0.2, 0.25) is 0 Å². The van der Waals surface area contributed by atoms with Crippen molar-refractivity contribution in [3.8, 4) is 0 Å². The second kappa shape index (κ2) is 5.42. The highest BCUT2D eigenvalue weighted by Gasteiger charge is 1.96. The summed E-state index contributed by atoms with van der Waals surface area (Å²) < 4.78 is 0. The lowest BCUT2D eigenvalue weighted by Gasteiger charge is -2.04. The van der Waals surface area contributed by atoms with E-state index in [2.05, 4.69) is 20.3 Å². The molecule has 0 aliphatic rings. The van der Waals surface area contributed by atoms with Crippen LogP contribution < -0.4 is 5.32 Å². The fourth-order valence-corrected chi connectivity index (χ4v) is 1.46. The molecule has 0 aliphatic heterocycles. The first-order chi connectivity index (χ1) is 7.84. The van der Waals surface area contributed by atoms with Gasteiger partial charge in [-0.3, -0.25) is 9.97 Å². The summed E-state index contributed by atoms with van der Waals surface area (Å²) in [6, 6.07) is 3.98. The Morgan fingerprint density at radius 3 is 2.69 bits per heavy atom. The maximum absolute atomic E-state index is 5.72. The van der Waals surface area contributed by atoms with E-state index >= 15 is 0 Å². The maximum atomic E-state index is 5.72. The Hall–Kier alpha value is -1.68. The first kappa shape index (κ1) is 10.8. The number of halogens is 1. The molecule has 0 saturated carbocycles. The number of nitrogens with zero attached hydrogens (tertiary/aromatic N) is 3. The van der Waals surface area contributed by atoms with Gasteiger partial charge in [0.05, 0.1) is 12.4 Å². The topological polar surface area (TPSA) is 50.7 Å². The SMILES string of the molecule is Clc1cncc(NCCc2ccncc2)n1. The molecule has 0 radical (unpaired) electrons. The van der Waals surface area contributed by atoms with E-state index in [0.29, 0.717) is 11.0 Å². The van der Waals surface area contributed by atoms with E-state index in [4.69, 9.17) is 11.6 Å². The van der Waals surface area contributed by atoms with E-state index in [9.17, 15) is 0 Å². The zero-order valence-electron chi connectivity index (χ0n) is 8.60. The third-order valence-electron chi connectivity index (χ3n) is 2.07. The van der Waals surface area contributed by atoms with Gasteiger partial charge in [-0.25, -0.2) is 4.98 Å². The molecule has 0 unspecified atom stereocenters. The Morgan fingerprint density at radius 2 is 1.94 bits per heavy atom. The van der Waals surface area contributed by atoms with Crippen LogP contribution in [0.5, 0.6) is 0 Å². The van der Waals surface area contributed by atoms with Crippen molar-refractivity contribution in [2.45, 2.75) is 6.42 Å². The monoisotopic (exact) mass is 234 g/mol. The van der Waals surface area contributed by atoms with Gasteiger partial charge in [-0.05, 0) is 24.1 Å². The second-order valence-corrected chi connectivity index (χ2v) is 3.65. The largest absolute Gasteiger partial charge is 0.368 e. The summed E-state index contributed by atoms with van der Waals surface area (Å²) in [4.78, 5) is 12.0. The lowest BCUT2D eigenvalue weighted by atomic mass is 10.2. The number of anilines is 1. The van der Waals surface area contributed by atoms with Gasteiger partial charge in [-0.15, -0.1) is 0 Å². The molecule has 0 aromatic carbocycles. The number of nitrogens with one attached hydrogen (secondary N) is 1. The highest BCUT2D eigenvalue weighted by Crippen LogP contribution is 2.06. The normalized spacial score (nSPS) is 10.1. The van der Waals surface area contributed by atoms with Crippen molar-refractivity contribution in [2.24, 2.45) is 0 Å². The zero-order chi connectivity index (χ0) is 11.2. The maximum Gasteiger partial charge on any atom is 0.149 e. The van der Waals surface area contributed by atoms with E-state index in [1.165, 1.54) is 11.8 Å². The second-order valence-electron chi connectivity index (χ2n) is 3.26. The Labute approximate surface area is 98.7 Å². The van der Waals surface area contributed by atoms with Crippen LogP contribution >= 0.6 is 11.6 Å². The van der Waals surface area contributed by atoms with Crippen LogP contribution in [0.1, 0.15) is 5.56 Å². The van der Waals surface area contributed by atoms with Crippen molar-refractivity contribution in [1.29, 1.82) is 0 Å². The summed E-state index contributed by atoms with van der Waals surface area (Å²) >= 11 is 5.72. The third kappa shape index (κ3) is 3.17. The van der Waals surface area contributed by atoms with Crippen molar-refractivity contribution in [3.63, 3.8) is 0 Å². The number of rotatable bonds is 4. The van der Waals surface area contributed by atoms with E-state index in [1.807, 2.05) is 12.1 Å². The molecule has 0 fully saturated rings.